The molecule has 3 aliphatic rings. The van der Waals surface area contributed by atoms with Crippen LogP contribution in [0.3, 0.4) is 0 Å². The molecule has 0 bridgehead atoms. The van der Waals surface area contributed by atoms with Crippen LogP contribution in [-0.4, -0.2) is 19.9 Å². The number of rotatable bonds is 5. The van der Waals surface area contributed by atoms with Crippen molar-refractivity contribution in [3.63, 3.8) is 0 Å². The number of ether oxygens (including phenoxy) is 2. The molecule has 0 aromatic heterocycles. The Bertz CT molecular complexity index is 3320. The van der Waals surface area contributed by atoms with E-state index < -0.39 is 0 Å². The number of aryl methyl sites for hydroxylation is 1. The second-order valence-electron chi connectivity index (χ2n) is 24.7. The second kappa shape index (κ2) is 17.1. The average molecular weight is 945 g/mol. The highest BCUT2D eigenvalue weighted by atomic mass is 16.6. The van der Waals surface area contributed by atoms with E-state index in [4.69, 9.17) is 9.47 Å². The quantitative estimate of drug-likeness (QED) is 0.161. The highest BCUT2D eigenvalue weighted by Crippen LogP contribution is 2.51. The summed E-state index contributed by atoms with van der Waals surface area (Å²) in [6, 6.07) is 60.4. The topological polar surface area (TPSA) is 24.9 Å². The van der Waals surface area contributed by atoms with Crippen LogP contribution in [0.15, 0.2) is 158 Å². The lowest BCUT2D eigenvalue weighted by Crippen LogP contribution is -2.61. The molecule has 0 atom stereocenters. The molecule has 0 spiro atoms. The van der Waals surface area contributed by atoms with Crippen molar-refractivity contribution in [2.45, 2.75) is 112 Å². The lowest BCUT2D eigenvalue weighted by Gasteiger charge is -2.45. The number of fused-ring (bicyclic) bond motifs is 5. The van der Waals surface area contributed by atoms with Gasteiger partial charge in [0.15, 0.2) is 11.5 Å². The monoisotopic (exact) mass is 945 g/mol. The molecule has 0 saturated heterocycles. The Kier molecular flexibility index (Phi) is 11.2. The minimum Gasteiger partial charge on any atom is -0.486 e. The van der Waals surface area contributed by atoms with Crippen LogP contribution >= 0.6 is 0 Å². The van der Waals surface area contributed by atoms with Crippen molar-refractivity contribution >= 4 is 57.2 Å². The molecular weight excluding hydrogens is 876 g/mol. The second-order valence-corrected chi connectivity index (χ2v) is 24.7. The molecule has 0 N–H and O–H groups in total. The van der Waals surface area contributed by atoms with Crippen LogP contribution in [0.5, 0.6) is 11.5 Å². The zero-order valence-electron chi connectivity index (χ0n) is 44.7. The van der Waals surface area contributed by atoms with E-state index in [1.54, 1.807) is 0 Å². The van der Waals surface area contributed by atoms with Gasteiger partial charge in [0.25, 0.3) is 6.71 Å². The van der Waals surface area contributed by atoms with E-state index in [0.717, 1.165) is 34.0 Å². The van der Waals surface area contributed by atoms with E-state index in [-0.39, 0.29) is 28.4 Å². The molecule has 0 amide bonds. The van der Waals surface area contributed by atoms with Gasteiger partial charge >= 0.3 is 0 Å². The standard InChI is InChI=1S/C67H69BN2O2/c1-42-33-59-63-60(34-42)70(58-41-62-61(71-31-32-72-62)40-53(58)45-17-15-14-16-18-45)57-30-28-51(67(11,12)13)39-55(57)68(63)54-38-50(66(8,9)10)27-29-56(54)69(59)52-36-46(43-19-23-48(24-20-43)64(2,3)4)35-47(37-52)44-21-25-49(26-22-44)65(5,6)7/h14-30,33-41H,31-32H2,1-13H3. The molecule has 11 rings (SSSR count). The van der Waals surface area contributed by atoms with Crippen molar-refractivity contribution in [1.82, 2.24) is 0 Å². The zero-order chi connectivity index (χ0) is 50.6. The van der Waals surface area contributed by atoms with E-state index >= 15 is 0 Å². The summed E-state index contributed by atoms with van der Waals surface area (Å²) in [4.78, 5) is 5.12. The first kappa shape index (κ1) is 47.4. The van der Waals surface area contributed by atoms with Gasteiger partial charge in [0, 0.05) is 40.1 Å². The Morgan fingerprint density at radius 1 is 0.375 bits per heavy atom. The molecule has 4 nitrogen and oxygen atoms in total. The van der Waals surface area contributed by atoms with Gasteiger partial charge in [-0.15, -0.1) is 0 Å². The summed E-state index contributed by atoms with van der Waals surface area (Å²) in [5, 5.41) is 0. The number of anilines is 6. The van der Waals surface area contributed by atoms with Crippen LogP contribution in [0, 0.1) is 6.92 Å². The van der Waals surface area contributed by atoms with Crippen molar-refractivity contribution in [3.8, 4) is 44.9 Å². The molecule has 8 aromatic carbocycles. The van der Waals surface area contributed by atoms with Crippen LogP contribution < -0.4 is 35.7 Å². The van der Waals surface area contributed by atoms with Gasteiger partial charge in [0.2, 0.25) is 0 Å². The molecule has 0 saturated carbocycles. The molecule has 3 aliphatic heterocycles. The Morgan fingerprint density at radius 2 is 0.819 bits per heavy atom. The Morgan fingerprint density at radius 3 is 1.31 bits per heavy atom. The van der Waals surface area contributed by atoms with E-state index in [2.05, 4.69) is 258 Å². The SMILES string of the molecule is Cc1cc2c3c(c1)N(c1cc4c(cc1-c1ccccc1)OCCO4)c1ccc(C(C)(C)C)cc1B3c1cc(C(C)(C)C)ccc1N2c1cc(-c2ccc(C(C)(C)C)cc2)cc(-c2ccc(C(C)(C)C)cc2)c1. The Hall–Kier alpha value is -6.98. The van der Waals surface area contributed by atoms with Crippen molar-refractivity contribution in [2.24, 2.45) is 0 Å². The molecule has 0 fully saturated rings. The molecule has 5 heteroatoms. The predicted octanol–water partition coefficient (Wildman–Crippen LogP) is 16.0. The van der Waals surface area contributed by atoms with Gasteiger partial charge in [-0.3, -0.25) is 0 Å². The fourth-order valence-electron chi connectivity index (χ4n) is 11.1. The Labute approximate surface area is 429 Å². The van der Waals surface area contributed by atoms with Crippen molar-refractivity contribution in [2.75, 3.05) is 23.0 Å². The summed E-state index contributed by atoms with van der Waals surface area (Å²) in [6.45, 7) is 31.0. The van der Waals surface area contributed by atoms with Gasteiger partial charge in [-0.25, -0.2) is 0 Å². The smallest absolute Gasteiger partial charge is 0.252 e. The van der Waals surface area contributed by atoms with E-state index in [1.807, 2.05) is 0 Å². The fraction of sp³-hybridized carbons (Fsp3) is 0.284. The van der Waals surface area contributed by atoms with Gasteiger partial charge in [0.05, 0.1) is 5.69 Å². The number of nitrogens with zero attached hydrogens (tertiary/aromatic N) is 2. The summed E-state index contributed by atoms with van der Waals surface area (Å²) in [6.07, 6.45) is 0. The minimum absolute atomic E-state index is 0.0481. The van der Waals surface area contributed by atoms with Crippen LogP contribution in [0.4, 0.5) is 34.1 Å². The van der Waals surface area contributed by atoms with E-state index in [0.29, 0.717) is 13.2 Å². The molecule has 72 heavy (non-hydrogen) atoms. The van der Waals surface area contributed by atoms with Crippen LogP contribution in [0.2, 0.25) is 0 Å². The molecule has 8 aromatic rings. The largest absolute Gasteiger partial charge is 0.486 e. The molecular formula is C67H69BN2O2. The summed E-state index contributed by atoms with van der Waals surface area (Å²) < 4.78 is 12.8. The zero-order valence-corrected chi connectivity index (χ0v) is 44.7. The van der Waals surface area contributed by atoms with Crippen LogP contribution in [-0.2, 0) is 21.7 Å². The third-order valence-electron chi connectivity index (χ3n) is 15.3. The first-order valence-corrected chi connectivity index (χ1v) is 26.0. The molecule has 0 radical (unpaired) electrons. The minimum atomic E-state index is -0.0771. The van der Waals surface area contributed by atoms with Crippen molar-refractivity contribution in [1.29, 1.82) is 0 Å². The number of hydrogen-bond donors (Lipinski definition) is 0. The normalized spacial score (nSPS) is 14.2. The maximum Gasteiger partial charge on any atom is 0.252 e. The van der Waals surface area contributed by atoms with Crippen LogP contribution in [0.25, 0.3) is 33.4 Å². The predicted molar refractivity (Wildman–Crippen MR) is 307 cm³/mol. The molecule has 3 heterocycles. The van der Waals surface area contributed by atoms with Crippen LogP contribution in [0.1, 0.15) is 111 Å². The summed E-state index contributed by atoms with van der Waals surface area (Å²) in [5.74, 6) is 1.55. The summed E-state index contributed by atoms with van der Waals surface area (Å²) >= 11 is 0. The molecule has 0 unspecified atom stereocenters. The van der Waals surface area contributed by atoms with E-state index in [9.17, 15) is 0 Å². The van der Waals surface area contributed by atoms with Gasteiger partial charge in [-0.2, -0.15) is 0 Å². The highest BCUT2D eigenvalue weighted by molar-refractivity contribution is 7.00. The van der Waals surface area contributed by atoms with Crippen molar-refractivity contribution < 1.29 is 9.47 Å². The number of benzene rings is 8. The Balaban J connectivity index is 1.23. The summed E-state index contributed by atoms with van der Waals surface area (Å²) in [5.41, 5.74) is 24.2. The first-order chi connectivity index (χ1) is 34.1. The lowest BCUT2D eigenvalue weighted by molar-refractivity contribution is 0.172. The average Bonchev–Trinajstić information content (AvgIpc) is 3.34. The van der Waals surface area contributed by atoms with Gasteiger partial charge < -0.3 is 19.3 Å². The molecule has 362 valence electrons. The lowest BCUT2D eigenvalue weighted by atomic mass is 9.33. The van der Waals surface area contributed by atoms with Gasteiger partial charge in [0.1, 0.15) is 13.2 Å². The first-order valence-electron chi connectivity index (χ1n) is 26.0. The van der Waals surface area contributed by atoms with Crippen molar-refractivity contribution in [3.05, 3.63) is 186 Å². The highest BCUT2D eigenvalue weighted by Gasteiger charge is 2.45. The van der Waals surface area contributed by atoms with Gasteiger partial charge in [-0.1, -0.05) is 186 Å². The maximum absolute atomic E-state index is 6.43. The number of hydrogen-bond acceptors (Lipinski definition) is 4. The summed E-state index contributed by atoms with van der Waals surface area (Å²) in [7, 11) is 0. The van der Waals surface area contributed by atoms with Gasteiger partial charge in [-0.05, 0) is 149 Å². The maximum atomic E-state index is 6.43. The van der Waals surface area contributed by atoms with E-state index in [1.165, 1.54) is 89.2 Å². The third-order valence-corrected chi connectivity index (χ3v) is 15.3. The molecule has 0 aliphatic carbocycles. The third kappa shape index (κ3) is 8.39. The fourth-order valence-corrected chi connectivity index (χ4v) is 11.1.